The van der Waals surface area contributed by atoms with Crippen LogP contribution < -0.4 is 5.32 Å². The Morgan fingerprint density at radius 2 is 2.04 bits per heavy atom. The molecule has 0 aliphatic carbocycles. The first-order valence-corrected chi connectivity index (χ1v) is 9.30. The number of hydrogen-bond acceptors (Lipinski definition) is 6. The van der Waals surface area contributed by atoms with Crippen molar-refractivity contribution in [2.75, 3.05) is 38.6 Å². The second-order valence-corrected chi connectivity index (χ2v) is 6.47. The maximum absolute atomic E-state index is 12.4. The van der Waals surface area contributed by atoms with Crippen LogP contribution >= 0.6 is 0 Å². The van der Waals surface area contributed by atoms with Crippen LogP contribution in [0.15, 0.2) is 12.4 Å². The van der Waals surface area contributed by atoms with Crippen molar-refractivity contribution < 1.29 is 14.3 Å². The summed E-state index contributed by atoms with van der Waals surface area (Å²) >= 11 is 0. The molecular weight excluding hydrogens is 334 g/mol. The highest BCUT2D eigenvalue weighted by Crippen LogP contribution is 2.16. The number of carbonyl (C=O) groups excluding carboxylic acids is 2. The Morgan fingerprint density at radius 3 is 2.69 bits per heavy atom. The third-order valence-corrected chi connectivity index (χ3v) is 4.45. The standard InChI is InChI=1S/C18H29N5O3/c1-4-6-9-22(3)17(24)15-12-16(20-13-19-15)21-14-7-10-23(11-8-14)18(25)26-5-2/h12-14H,4-11H2,1-3H3,(H,19,20,21). The van der Waals surface area contributed by atoms with Crippen molar-refractivity contribution in [1.82, 2.24) is 19.8 Å². The first kappa shape index (κ1) is 19.9. The second kappa shape index (κ2) is 9.94. The summed E-state index contributed by atoms with van der Waals surface area (Å²) in [6, 6.07) is 1.90. The molecule has 2 amide bonds. The predicted octanol–water partition coefficient (Wildman–Crippen LogP) is 2.38. The number of piperidine rings is 1. The number of nitrogens with zero attached hydrogens (tertiary/aromatic N) is 4. The molecule has 1 aliphatic rings. The van der Waals surface area contributed by atoms with E-state index in [1.54, 1.807) is 29.8 Å². The fourth-order valence-corrected chi connectivity index (χ4v) is 2.88. The Kier molecular flexibility index (Phi) is 7.62. The molecule has 0 atom stereocenters. The lowest BCUT2D eigenvalue weighted by atomic mass is 10.1. The molecule has 0 unspecified atom stereocenters. The first-order chi connectivity index (χ1) is 12.5. The molecular formula is C18H29N5O3. The number of hydrogen-bond donors (Lipinski definition) is 1. The molecule has 2 heterocycles. The molecule has 0 aromatic carbocycles. The molecule has 1 N–H and O–H groups in total. The largest absolute Gasteiger partial charge is 0.450 e. The Morgan fingerprint density at radius 1 is 1.31 bits per heavy atom. The molecule has 1 aromatic rings. The summed E-state index contributed by atoms with van der Waals surface area (Å²) in [5.74, 6) is 0.544. The van der Waals surface area contributed by atoms with Gasteiger partial charge in [0, 0.05) is 38.8 Å². The van der Waals surface area contributed by atoms with Crippen LogP contribution in [0.1, 0.15) is 50.0 Å². The van der Waals surface area contributed by atoms with Crippen molar-refractivity contribution in [1.29, 1.82) is 0 Å². The number of rotatable bonds is 7. The summed E-state index contributed by atoms with van der Waals surface area (Å²) in [4.78, 5) is 35.9. The van der Waals surface area contributed by atoms with Gasteiger partial charge in [-0.2, -0.15) is 0 Å². The van der Waals surface area contributed by atoms with Gasteiger partial charge in [0.05, 0.1) is 6.61 Å². The van der Waals surface area contributed by atoms with Crippen molar-refractivity contribution in [2.24, 2.45) is 0 Å². The number of aromatic nitrogens is 2. The molecule has 1 aromatic heterocycles. The van der Waals surface area contributed by atoms with Gasteiger partial charge in [0.25, 0.3) is 5.91 Å². The van der Waals surface area contributed by atoms with Gasteiger partial charge in [-0.1, -0.05) is 13.3 Å². The van der Waals surface area contributed by atoms with E-state index in [2.05, 4.69) is 22.2 Å². The number of carbonyl (C=O) groups is 2. The van der Waals surface area contributed by atoms with Crippen molar-refractivity contribution in [3.63, 3.8) is 0 Å². The van der Waals surface area contributed by atoms with E-state index < -0.39 is 0 Å². The van der Waals surface area contributed by atoms with E-state index in [0.717, 1.165) is 25.7 Å². The van der Waals surface area contributed by atoms with Crippen LogP contribution in [0, 0.1) is 0 Å². The minimum Gasteiger partial charge on any atom is -0.450 e. The molecule has 2 rings (SSSR count). The Labute approximate surface area is 154 Å². The lowest BCUT2D eigenvalue weighted by Crippen LogP contribution is -2.42. The zero-order valence-corrected chi connectivity index (χ0v) is 15.9. The van der Waals surface area contributed by atoms with Gasteiger partial charge in [-0.05, 0) is 26.2 Å². The van der Waals surface area contributed by atoms with Gasteiger partial charge in [0.2, 0.25) is 0 Å². The van der Waals surface area contributed by atoms with Gasteiger partial charge >= 0.3 is 6.09 Å². The SMILES string of the molecule is CCCCN(C)C(=O)c1cc(NC2CCN(C(=O)OCC)CC2)ncn1. The van der Waals surface area contributed by atoms with Crippen LogP contribution in [0.3, 0.4) is 0 Å². The molecule has 1 aliphatic heterocycles. The number of nitrogens with one attached hydrogen (secondary N) is 1. The third kappa shape index (κ3) is 5.57. The summed E-state index contributed by atoms with van der Waals surface area (Å²) in [5.41, 5.74) is 0.394. The molecule has 0 saturated carbocycles. The number of likely N-dealkylation sites (tertiary alicyclic amines) is 1. The maximum atomic E-state index is 12.4. The van der Waals surface area contributed by atoms with Crippen molar-refractivity contribution in [2.45, 2.75) is 45.6 Å². The van der Waals surface area contributed by atoms with E-state index in [1.165, 1.54) is 6.33 Å². The molecule has 0 spiro atoms. The number of amides is 2. The van der Waals surface area contributed by atoms with Gasteiger partial charge in [0.15, 0.2) is 0 Å². The highest BCUT2D eigenvalue weighted by Gasteiger charge is 2.24. The predicted molar refractivity (Wildman–Crippen MR) is 99.1 cm³/mol. The summed E-state index contributed by atoms with van der Waals surface area (Å²) in [6.45, 7) is 6.30. The molecule has 1 saturated heterocycles. The van der Waals surface area contributed by atoms with E-state index in [4.69, 9.17) is 4.74 Å². The van der Waals surface area contributed by atoms with Crippen molar-refractivity contribution in [3.8, 4) is 0 Å². The maximum Gasteiger partial charge on any atom is 0.409 e. The van der Waals surface area contributed by atoms with Crippen molar-refractivity contribution in [3.05, 3.63) is 18.1 Å². The Hall–Kier alpha value is -2.38. The Bertz CT molecular complexity index is 602. The topological polar surface area (TPSA) is 87.7 Å². The quantitative estimate of drug-likeness (QED) is 0.800. The minimum atomic E-state index is -0.254. The highest BCUT2D eigenvalue weighted by atomic mass is 16.6. The number of anilines is 1. The minimum absolute atomic E-state index is 0.0963. The summed E-state index contributed by atoms with van der Waals surface area (Å²) < 4.78 is 5.03. The van der Waals surface area contributed by atoms with Gasteiger partial charge in [-0.15, -0.1) is 0 Å². The first-order valence-electron chi connectivity index (χ1n) is 9.30. The van der Waals surface area contributed by atoms with Crippen molar-refractivity contribution >= 4 is 17.8 Å². The second-order valence-electron chi connectivity index (χ2n) is 6.47. The lowest BCUT2D eigenvalue weighted by molar-refractivity contribution is 0.0787. The number of ether oxygens (including phenoxy) is 1. The molecule has 8 heteroatoms. The Balaban J connectivity index is 1.89. The van der Waals surface area contributed by atoms with E-state index in [-0.39, 0.29) is 18.0 Å². The number of unbranched alkanes of at least 4 members (excludes halogenated alkanes) is 1. The van der Waals surface area contributed by atoms with Crippen LogP contribution in [-0.2, 0) is 4.74 Å². The summed E-state index contributed by atoms with van der Waals surface area (Å²) in [6.07, 6.45) is 4.79. The van der Waals surface area contributed by atoms with Gasteiger partial charge < -0.3 is 19.9 Å². The van der Waals surface area contributed by atoms with Gasteiger partial charge in [-0.25, -0.2) is 14.8 Å². The monoisotopic (exact) mass is 363 g/mol. The molecule has 144 valence electrons. The lowest BCUT2D eigenvalue weighted by Gasteiger charge is -2.31. The van der Waals surface area contributed by atoms with E-state index in [9.17, 15) is 9.59 Å². The molecule has 26 heavy (non-hydrogen) atoms. The summed E-state index contributed by atoms with van der Waals surface area (Å²) in [7, 11) is 1.79. The zero-order valence-electron chi connectivity index (χ0n) is 15.9. The molecule has 0 bridgehead atoms. The van der Waals surface area contributed by atoms with Crippen LogP contribution in [0.4, 0.5) is 10.6 Å². The highest BCUT2D eigenvalue weighted by molar-refractivity contribution is 5.92. The average molecular weight is 363 g/mol. The van der Waals surface area contributed by atoms with E-state index in [1.807, 2.05) is 0 Å². The van der Waals surface area contributed by atoms with Crippen LogP contribution in [-0.4, -0.2) is 71.1 Å². The zero-order chi connectivity index (χ0) is 18.9. The molecule has 8 nitrogen and oxygen atoms in total. The van der Waals surface area contributed by atoms with E-state index in [0.29, 0.717) is 37.8 Å². The normalized spacial score (nSPS) is 14.8. The van der Waals surface area contributed by atoms with Crippen LogP contribution in [0.25, 0.3) is 0 Å². The van der Waals surface area contributed by atoms with Crippen LogP contribution in [0.5, 0.6) is 0 Å². The average Bonchev–Trinajstić information content (AvgIpc) is 2.66. The van der Waals surface area contributed by atoms with E-state index >= 15 is 0 Å². The molecule has 1 fully saturated rings. The fourth-order valence-electron chi connectivity index (χ4n) is 2.88. The smallest absolute Gasteiger partial charge is 0.409 e. The van der Waals surface area contributed by atoms with Crippen LogP contribution in [0.2, 0.25) is 0 Å². The molecule has 0 radical (unpaired) electrons. The summed E-state index contributed by atoms with van der Waals surface area (Å²) in [5, 5.41) is 3.35. The van der Waals surface area contributed by atoms with Gasteiger partial charge in [0.1, 0.15) is 17.8 Å². The van der Waals surface area contributed by atoms with Gasteiger partial charge in [-0.3, -0.25) is 4.79 Å². The third-order valence-electron chi connectivity index (χ3n) is 4.45. The fraction of sp³-hybridized carbons (Fsp3) is 0.667.